The van der Waals surface area contributed by atoms with Crippen LogP contribution in [0.25, 0.3) is 33.4 Å². The molecule has 0 spiro atoms. The van der Waals surface area contributed by atoms with Gasteiger partial charge in [-0.2, -0.15) is 15.3 Å². The maximum absolute atomic E-state index is 13.2. The van der Waals surface area contributed by atoms with Crippen molar-refractivity contribution in [3.05, 3.63) is 76.8 Å². The molecule has 1 fully saturated rings. The molecule has 160 valence electrons. The molecular weight excluding hydrogens is 404 g/mol. The van der Waals surface area contributed by atoms with E-state index in [4.69, 9.17) is 14.9 Å². The Hall–Kier alpha value is -3.78. The fourth-order valence-corrected chi connectivity index (χ4v) is 4.42. The van der Waals surface area contributed by atoms with Crippen LogP contribution in [-0.4, -0.2) is 43.0 Å². The zero-order chi connectivity index (χ0) is 21.5. The van der Waals surface area contributed by atoms with E-state index in [-0.39, 0.29) is 11.6 Å². The fourth-order valence-electron chi connectivity index (χ4n) is 4.42. The van der Waals surface area contributed by atoms with Gasteiger partial charge in [-0.05, 0) is 30.0 Å². The van der Waals surface area contributed by atoms with Crippen molar-refractivity contribution in [3.8, 4) is 22.5 Å². The number of ether oxygens (including phenoxy) is 1. The third-order valence-electron chi connectivity index (χ3n) is 6.10. The van der Waals surface area contributed by atoms with Gasteiger partial charge in [0.05, 0.1) is 30.9 Å². The molecule has 4 heterocycles. The second-order valence-electron chi connectivity index (χ2n) is 8.18. The Kier molecular flexibility index (Phi) is 4.57. The first-order chi connectivity index (χ1) is 15.8. The summed E-state index contributed by atoms with van der Waals surface area (Å²) in [7, 11) is 0. The van der Waals surface area contributed by atoms with Crippen LogP contribution >= 0.6 is 0 Å². The van der Waals surface area contributed by atoms with E-state index in [1.165, 1.54) is 0 Å². The molecule has 0 saturated carbocycles. The van der Waals surface area contributed by atoms with E-state index in [1.54, 1.807) is 10.9 Å². The molecule has 3 aromatic rings. The maximum Gasteiger partial charge on any atom is 0.297 e. The smallest absolute Gasteiger partial charge is 0.297 e. The van der Waals surface area contributed by atoms with Crippen molar-refractivity contribution in [2.45, 2.75) is 25.4 Å². The Morgan fingerprint density at radius 2 is 1.91 bits per heavy atom. The number of hydrogen-bond donors (Lipinski definition) is 1. The van der Waals surface area contributed by atoms with Gasteiger partial charge in [0.2, 0.25) is 0 Å². The highest BCUT2D eigenvalue weighted by molar-refractivity contribution is 5.92. The van der Waals surface area contributed by atoms with E-state index in [2.05, 4.69) is 34.5 Å². The molecular formula is C24H22N6O2. The van der Waals surface area contributed by atoms with Crippen molar-refractivity contribution in [1.29, 1.82) is 0 Å². The Morgan fingerprint density at radius 1 is 1.03 bits per heavy atom. The molecule has 8 heteroatoms. The number of fused-ring (bicyclic) bond motifs is 3. The van der Waals surface area contributed by atoms with Crippen molar-refractivity contribution >= 4 is 10.9 Å². The van der Waals surface area contributed by atoms with E-state index in [0.717, 1.165) is 47.0 Å². The van der Waals surface area contributed by atoms with Crippen LogP contribution in [0.1, 0.15) is 24.4 Å². The van der Waals surface area contributed by atoms with Gasteiger partial charge in [0.25, 0.3) is 5.56 Å². The third-order valence-corrected chi connectivity index (χ3v) is 6.10. The van der Waals surface area contributed by atoms with Crippen molar-refractivity contribution in [2.75, 3.05) is 13.2 Å². The summed E-state index contributed by atoms with van der Waals surface area (Å²) < 4.78 is 9.06. The molecule has 0 amide bonds. The van der Waals surface area contributed by atoms with Gasteiger partial charge in [0.1, 0.15) is 5.69 Å². The Morgan fingerprint density at radius 3 is 2.69 bits per heavy atom. The van der Waals surface area contributed by atoms with Gasteiger partial charge in [-0.3, -0.25) is 14.6 Å². The van der Waals surface area contributed by atoms with Crippen LogP contribution in [0.4, 0.5) is 0 Å². The van der Waals surface area contributed by atoms with E-state index in [0.29, 0.717) is 24.5 Å². The number of H-pyrrole nitrogens is 1. The van der Waals surface area contributed by atoms with Crippen LogP contribution in [0.2, 0.25) is 0 Å². The van der Waals surface area contributed by atoms with Crippen LogP contribution in [-0.2, 0) is 11.3 Å². The minimum atomic E-state index is -0.148. The van der Waals surface area contributed by atoms with Crippen LogP contribution in [0.3, 0.4) is 0 Å². The highest BCUT2D eigenvalue weighted by Crippen LogP contribution is 2.28. The average Bonchev–Trinajstić information content (AvgIpc) is 3.49. The van der Waals surface area contributed by atoms with E-state index in [9.17, 15) is 4.79 Å². The zero-order valence-corrected chi connectivity index (χ0v) is 17.4. The molecule has 0 aliphatic carbocycles. The minimum Gasteiger partial charge on any atom is -0.379 e. The lowest BCUT2D eigenvalue weighted by molar-refractivity contribution is 0.0540. The van der Waals surface area contributed by atoms with Gasteiger partial charge >= 0.3 is 0 Å². The summed E-state index contributed by atoms with van der Waals surface area (Å²) in [6.07, 6.45) is 5.50. The first kappa shape index (κ1) is 18.9. The van der Waals surface area contributed by atoms with E-state index < -0.39 is 0 Å². The SMILES string of the molecule is O=c1c2nn(Cc3ccc(-c4cn[nH]c4)cc3)c3ccccc3c-2nn1C1CCCOC1. The summed E-state index contributed by atoms with van der Waals surface area (Å²) in [5, 5.41) is 17.2. The number of benzene rings is 2. The van der Waals surface area contributed by atoms with Crippen molar-refractivity contribution in [1.82, 2.24) is 29.8 Å². The second kappa shape index (κ2) is 7.72. The Bertz CT molecular complexity index is 1400. The molecule has 0 radical (unpaired) electrons. The standard InChI is InChI=1S/C24H22N6O2/c31-24-23-22(28-30(24)19-4-3-11-32-15-19)20-5-1-2-6-21(20)29(27-23)14-16-7-9-17(10-8-16)18-12-25-26-13-18/h1-2,5-10,12-13,19H,3-4,11,14-15H2,(H,25,26). The van der Waals surface area contributed by atoms with Gasteiger partial charge in [-0.15, -0.1) is 0 Å². The third kappa shape index (κ3) is 3.20. The van der Waals surface area contributed by atoms with Crippen LogP contribution in [0, 0.1) is 0 Å². The topological polar surface area (TPSA) is 90.6 Å². The van der Waals surface area contributed by atoms with E-state index in [1.807, 2.05) is 35.1 Å². The lowest BCUT2D eigenvalue weighted by Crippen LogP contribution is -2.29. The summed E-state index contributed by atoms with van der Waals surface area (Å²) in [6, 6.07) is 16.3. The van der Waals surface area contributed by atoms with Crippen LogP contribution < -0.4 is 5.56 Å². The van der Waals surface area contributed by atoms with Crippen LogP contribution in [0.5, 0.6) is 0 Å². The first-order valence-electron chi connectivity index (χ1n) is 10.8. The van der Waals surface area contributed by atoms with Crippen LogP contribution in [0.15, 0.2) is 65.7 Å². The minimum absolute atomic E-state index is 0.0341. The normalized spacial score (nSPS) is 16.7. The summed E-state index contributed by atoms with van der Waals surface area (Å²) >= 11 is 0. The predicted molar refractivity (Wildman–Crippen MR) is 121 cm³/mol. The second-order valence-corrected chi connectivity index (χ2v) is 8.18. The Labute approximate surface area is 183 Å². The lowest BCUT2D eigenvalue weighted by atomic mass is 10.1. The van der Waals surface area contributed by atoms with Crippen molar-refractivity contribution in [2.24, 2.45) is 0 Å². The lowest BCUT2D eigenvalue weighted by Gasteiger charge is -2.21. The molecule has 2 aromatic carbocycles. The number of para-hydroxylation sites is 1. The number of rotatable bonds is 4. The molecule has 1 atom stereocenters. The Balaban J connectivity index is 1.43. The summed E-state index contributed by atoms with van der Waals surface area (Å²) in [5.41, 5.74) is 5.10. The molecule has 1 unspecified atom stereocenters. The quantitative estimate of drug-likeness (QED) is 0.475. The number of aromatic nitrogens is 6. The highest BCUT2D eigenvalue weighted by atomic mass is 16.5. The summed E-state index contributed by atoms with van der Waals surface area (Å²) in [6.45, 7) is 1.81. The average molecular weight is 426 g/mol. The van der Waals surface area contributed by atoms with Gasteiger partial charge in [-0.25, -0.2) is 4.68 Å². The molecule has 1 aromatic heterocycles. The molecule has 3 aliphatic heterocycles. The molecule has 0 bridgehead atoms. The number of aromatic amines is 1. The zero-order valence-electron chi connectivity index (χ0n) is 17.4. The predicted octanol–water partition coefficient (Wildman–Crippen LogP) is 3.49. The monoisotopic (exact) mass is 426 g/mol. The molecule has 1 N–H and O–H groups in total. The molecule has 1 saturated heterocycles. The van der Waals surface area contributed by atoms with Crippen molar-refractivity contribution < 1.29 is 4.74 Å². The molecule has 8 nitrogen and oxygen atoms in total. The van der Waals surface area contributed by atoms with Gasteiger partial charge in [0, 0.05) is 23.8 Å². The van der Waals surface area contributed by atoms with Crippen molar-refractivity contribution in [3.63, 3.8) is 0 Å². The summed E-state index contributed by atoms with van der Waals surface area (Å²) in [4.78, 5) is 13.2. The van der Waals surface area contributed by atoms with Gasteiger partial charge in [-0.1, -0.05) is 42.5 Å². The molecule has 32 heavy (non-hydrogen) atoms. The highest BCUT2D eigenvalue weighted by Gasteiger charge is 2.26. The molecule has 3 aliphatic rings. The number of nitrogens with zero attached hydrogens (tertiary/aromatic N) is 5. The number of nitrogens with one attached hydrogen (secondary N) is 1. The first-order valence-corrected chi connectivity index (χ1v) is 10.8. The fraction of sp³-hybridized carbons (Fsp3) is 0.250. The largest absolute Gasteiger partial charge is 0.379 e. The number of hydrogen-bond acceptors (Lipinski definition) is 5. The van der Waals surface area contributed by atoms with E-state index >= 15 is 0 Å². The molecule has 6 rings (SSSR count). The van der Waals surface area contributed by atoms with Gasteiger partial charge in [0.15, 0.2) is 5.69 Å². The maximum atomic E-state index is 13.2. The summed E-state index contributed by atoms with van der Waals surface area (Å²) in [5.74, 6) is 0. The van der Waals surface area contributed by atoms with Gasteiger partial charge < -0.3 is 4.74 Å².